The fourth-order valence-electron chi connectivity index (χ4n) is 4.49. The van der Waals surface area contributed by atoms with Crippen LogP contribution < -0.4 is 9.47 Å². The summed E-state index contributed by atoms with van der Waals surface area (Å²) in [4.78, 5) is 11.8. The topological polar surface area (TPSA) is 54.0 Å². The Labute approximate surface area is 165 Å². The number of fused-ring (bicyclic) bond motifs is 3. The first-order valence-electron chi connectivity index (χ1n) is 9.75. The third kappa shape index (κ3) is 3.24. The number of rotatable bonds is 4. The molecule has 0 aromatic heterocycles. The van der Waals surface area contributed by atoms with Crippen LogP contribution in [-0.4, -0.2) is 33.4 Å². The van der Waals surface area contributed by atoms with E-state index in [0.717, 1.165) is 29.7 Å². The summed E-state index contributed by atoms with van der Waals surface area (Å²) < 4.78 is 22.5. The van der Waals surface area contributed by atoms with Crippen molar-refractivity contribution in [3.8, 4) is 11.5 Å². The first-order valence-corrected chi connectivity index (χ1v) is 9.75. The van der Waals surface area contributed by atoms with Crippen molar-refractivity contribution >= 4 is 5.97 Å². The molecule has 0 saturated heterocycles. The summed E-state index contributed by atoms with van der Waals surface area (Å²) in [6.45, 7) is 0. The Morgan fingerprint density at radius 2 is 1.57 bits per heavy atom. The van der Waals surface area contributed by atoms with Crippen molar-refractivity contribution in [3.63, 3.8) is 0 Å². The molecule has 3 atom stereocenters. The molecule has 0 N–H and O–H groups in total. The summed E-state index contributed by atoms with van der Waals surface area (Å²) in [6.07, 6.45) is 4.61. The summed E-state index contributed by atoms with van der Waals surface area (Å²) in [7, 11) is 4.71. The maximum atomic E-state index is 11.8. The van der Waals surface area contributed by atoms with Gasteiger partial charge in [-0.3, -0.25) is 0 Å². The van der Waals surface area contributed by atoms with Gasteiger partial charge in [0.2, 0.25) is 0 Å². The molecule has 5 heteroatoms. The van der Waals surface area contributed by atoms with Gasteiger partial charge in [0.05, 0.1) is 33.0 Å². The van der Waals surface area contributed by atoms with Gasteiger partial charge in [0.15, 0.2) is 11.5 Å². The number of hydrogen-bond donors (Lipinski definition) is 0. The molecule has 1 saturated carbocycles. The van der Waals surface area contributed by atoms with Gasteiger partial charge in [-0.1, -0.05) is 25.0 Å². The zero-order chi connectivity index (χ0) is 19.7. The van der Waals surface area contributed by atoms with E-state index >= 15 is 0 Å². The third-order valence-corrected chi connectivity index (χ3v) is 5.92. The van der Waals surface area contributed by atoms with Crippen molar-refractivity contribution in [3.05, 3.63) is 58.7 Å². The normalized spacial score (nSPS) is 23.3. The lowest BCUT2D eigenvalue weighted by Crippen LogP contribution is -2.33. The van der Waals surface area contributed by atoms with Crippen LogP contribution in [-0.2, 0) is 9.47 Å². The highest BCUT2D eigenvalue weighted by atomic mass is 16.5. The minimum absolute atomic E-state index is 0.194. The highest BCUT2D eigenvalue weighted by molar-refractivity contribution is 5.89. The Bertz CT molecular complexity index is 858. The SMILES string of the molecule is COC(=O)c1ccc([C@H]2O[C@@H]3CCCC[C@@H]3c3cc(OC)c(OC)cc32)cc1. The fraction of sp³-hybridized carbons (Fsp3) is 0.435. The Morgan fingerprint density at radius 3 is 2.21 bits per heavy atom. The molecular weight excluding hydrogens is 356 g/mol. The Hall–Kier alpha value is -2.53. The minimum Gasteiger partial charge on any atom is -0.493 e. The minimum atomic E-state index is -0.338. The van der Waals surface area contributed by atoms with E-state index in [0.29, 0.717) is 17.2 Å². The van der Waals surface area contributed by atoms with Crippen molar-refractivity contribution < 1.29 is 23.7 Å². The van der Waals surface area contributed by atoms with Crippen molar-refractivity contribution in [2.75, 3.05) is 21.3 Å². The van der Waals surface area contributed by atoms with Crippen LogP contribution in [0.3, 0.4) is 0 Å². The van der Waals surface area contributed by atoms with Crippen molar-refractivity contribution in [2.45, 2.75) is 43.8 Å². The molecule has 2 aromatic carbocycles. The Balaban J connectivity index is 1.79. The second-order valence-electron chi connectivity index (χ2n) is 7.40. The van der Waals surface area contributed by atoms with Gasteiger partial charge >= 0.3 is 5.97 Å². The molecule has 0 amide bonds. The standard InChI is InChI=1S/C23H26O5/c1-25-20-12-17-16-6-4-5-7-19(16)28-22(18(17)13-21(20)26-2)14-8-10-15(11-9-14)23(24)27-3/h8-13,16,19,22H,4-7H2,1-3H3/t16-,19-,22-/m1/s1. The molecular formula is C23H26O5. The molecule has 148 valence electrons. The third-order valence-electron chi connectivity index (χ3n) is 5.92. The number of hydrogen-bond acceptors (Lipinski definition) is 5. The zero-order valence-corrected chi connectivity index (χ0v) is 16.6. The summed E-state index contributed by atoms with van der Waals surface area (Å²) >= 11 is 0. The maximum Gasteiger partial charge on any atom is 0.337 e. The van der Waals surface area contributed by atoms with E-state index in [4.69, 9.17) is 18.9 Å². The number of esters is 1. The van der Waals surface area contributed by atoms with Gasteiger partial charge in [0.25, 0.3) is 0 Å². The molecule has 0 unspecified atom stereocenters. The van der Waals surface area contributed by atoms with Crippen LogP contribution in [0, 0.1) is 0 Å². The second-order valence-corrected chi connectivity index (χ2v) is 7.40. The largest absolute Gasteiger partial charge is 0.493 e. The predicted octanol–water partition coefficient (Wildman–Crippen LogP) is 4.64. The average molecular weight is 382 g/mol. The molecule has 0 bridgehead atoms. The number of carbonyl (C=O) groups is 1. The van der Waals surface area contributed by atoms with Crippen LogP contribution in [0.15, 0.2) is 36.4 Å². The molecule has 5 nitrogen and oxygen atoms in total. The Morgan fingerprint density at radius 1 is 0.929 bits per heavy atom. The van der Waals surface area contributed by atoms with E-state index in [-0.39, 0.29) is 18.2 Å². The van der Waals surface area contributed by atoms with Crippen LogP contribution in [0.5, 0.6) is 11.5 Å². The van der Waals surface area contributed by atoms with Crippen LogP contribution in [0.1, 0.15) is 64.8 Å². The summed E-state index contributed by atoms with van der Waals surface area (Å²) in [5.41, 5.74) is 3.96. The highest BCUT2D eigenvalue weighted by Gasteiger charge is 2.38. The van der Waals surface area contributed by atoms with Crippen molar-refractivity contribution in [1.29, 1.82) is 0 Å². The Kier molecular flexibility index (Phi) is 5.27. The first kappa shape index (κ1) is 18.8. The lowest BCUT2D eigenvalue weighted by atomic mass is 9.76. The molecule has 28 heavy (non-hydrogen) atoms. The van der Waals surface area contributed by atoms with E-state index in [1.807, 2.05) is 18.2 Å². The van der Waals surface area contributed by atoms with Gasteiger partial charge in [-0.25, -0.2) is 4.79 Å². The smallest absolute Gasteiger partial charge is 0.337 e. The van der Waals surface area contributed by atoms with Gasteiger partial charge in [0.1, 0.15) is 6.10 Å². The number of ether oxygens (including phenoxy) is 4. The van der Waals surface area contributed by atoms with Gasteiger partial charge in [-0.2, -0.15) is 0 Å². The van der Waals surface area contributed by atoms with Crippen molar-refractivity contribution in [1.82, 2.24) is 0 Å². The van der Waals surface area contributed by atoms with Gasteiger partial charge in [-0.15, -0.1) is 0 Å². The summed E-state index contributed by atoms with van der Waals surface area (Å²) in [6, 6.07) is 11.6. The number of carbonyl (C=O) groups excluding carboxylic acids is 1. The van der Waals surface area contributed by atoms with Gasteiger partial charge in [-0.05, 0) is 53.8 Å². The van der Waals surface area contributed by atoms with Crippen LogP contribution in [0.4, 0.5) is 0 Å². The molecule has 1 aliphatic carbocycles. The predicted molar refractivity (Wildman–Crippen MR) is 105 cm³/mol. The summed E-state index contributed by atoms with van der Waals surface area (Å²) in [5.74, 6) is 1.51. The highest BCUT2D eigenvalue weighted by Crippen LogP contribution is 2.49. The van der Waals surface area contributed by atoms with E-state index in [1.54, 1.807) is 26.4 Å². The number of methoxy groups -OCH3 is 3. The number of benzene rings is 2. The molecule has 0 radical (unpaired) electrons. The molecule has 1 heterocycles. The van der Waals surface area contributed by atoms with Crippen LogP contribution in [0.2, 0.25) is 0 Å². The average Bonchev–Trinajstić information content (AvgIpc) is 2.77. The molecule has 4 rings (SSSR count). The monoisotopic (exact) mass is 382 g/mol. The van der Waals surface area contributed by atoms with Gasteiger partial charge < -0.3 is 18.9 Å². The second kappa shape index (κ2) is 7.84. The lowest BCUT2D eigenvalue weighted by molar-refractivity contribution is -0.0391. The maximum absolute atomic E-state index is 11.8. The summed E-state index contributed by atoms with van der Waals surface area (Å²) in [5, 5.41) is 0. The van der Waals surface area contributed by atoms with E-state index < -0.39 is 0 Å². The van der Waals surface area contributed by atoms with Gasteiger partial charge in [0, 0.05) is 5.92 Å². The van der Waals surface area contributed by atoms with Crippen LogP contribution >= 0.6 is 0 Å². The lowest BCUT2D eigenvalue weighted by Gasteiger charge is -2.41. The van der Waals surface area contributed by atoms with E-state index in [9.17, 15) is 4.79 Å². The van der Waals surface area contributed by atoms with Crippen LogP contribution in [0.25, 0.3) is 0 Å². The molecule has 1 aliphatic heterocycles. The molecule has 1 fully saturated rings. The first-order chi connectivity index (χ1) is 13.7. The van der Waals surface area contributed by atoms with E-state index in [2.05, 4.69) is 6.07 Å². The molecule has 0 spiro atoms. The fourth-order valence-corrected chi connectivity index (χ4v) is 4.49. The van der Waals surface area contributed by atoms with E-state index in [1.165, 1.54) is 25.5 Å². The molecule has 2 aliphatic rings. The van der Waals surface area contributed by atoms with Crippen molar-refractivity contribution in [2.24, 2.45) is 0 Å². The quantitative estimate of drug-likeness (QED) is 0.721. The molecule has 2 aromatic rings. The zero-order valence-electron chi connectivity index (χ0n) is 16.6.